The summed E-state index contributed by atoms with van der Waals surface area (Å²) in [5.74, 6) is 0.382. The highest BCUT2D eigenvalue weighted by Crippen LogP contribution is 2.26. The molecular formula is C17H21N3O2. The van der Waals surface area contributed by atoms with E-state index in [9.17, 15) is 4.79 Å². The van der Waals surface area contributed by atoms with Crippen LogP contribution >= 0.6 is 0 Å². The molecule has 0 aliphatic heterocycles. The fourth-order valence-corrected chi connectivity index (χ4v) is 2.17. The van der Waals surface area contributed by atoms with Crippen LogP contribution in [0.25, 0.3) is 0 Å². The summed E-state index contributed by atoms with van der Waals surface area (Å²) in [6, 6.07) is 11.1. The summed E-state index contributed by atoms with van der Waals surface area (Å²) < 4.78 is 5.32. The van der Waals surface area contributed by atoms with Crippen molar-refractivity contribution in [2.45, 2.75) is 13.5 Å². The summed E-state index contributed by atoms with van der Waals surface area (Å²) in [5, 5.41) is 2.87. The lowest BCUT2D eigenvalue weighted by atomic mass is 10.1. The summed E-state index contributed by atoms with van der Waals surface area (Å²) >= 11 is 0. The van der Waals surface area contributed by atoms with Gasteiger partial charge >= 0.3 is 0 Å². The Labute approximate surface area is 130 Å². The van der Waals surface area contributed by atoms with Crippen LogP contribution in [0.4, 0.5) is 5.69 Å². The number of pyridine rings is 1. The smallest absolute Gasteiger partial charge is 0.274 e. The van der Waals surface area contributed by atoms with E-state index >= 15 is 0 Å². The first-order valence-corrected chi connectivity index (χ1v) is 7.06. The summed E-state index contributed by atoms with van der Waals surface area (Å²) in [6.45, 7) is 2.64. The van der Waals surface area contributed by atoms with Gasteiger partial charge in [0.15, 0.2) is 0 Å². The minimum absolute atomic E-state index is 0.246. The highest BCUT2D eigenvalue weighted by Gasteiger charge is 2.12. The molecule has 0 saturated heterocycles. The third-order valence-corrected chi connectivity index (χ3v) is 3.13. The van der Waals surface area contributed by atoms with Crippen LogP contribution in [0.2, 0.25) is 0 Å². The molecule has 1 aromatic heterocycles. The molecule has 0 aliphatic rings. The van der Waals surface area contributed by atoms with E-state index in [1.165, 1.54) is 0 Å². The average molecular weight is 299 g/mol. The molecule has 5 heteroatoms. The Hall–Kier alpha value is -2.40. The maximum absolute atomic E-state index is 12.3. The van der Waals surface area contributed by atoms with Crippen LogP contribution in [0.1, 0.15) is 21.7 Å². The van der Waals surface area contributed by atoms with Crippen molar-refractivity contribution in [1.82, 2.24) is 9.88 Å². The number of aromatic nitrogens is 1. The minimum atomic E-state index is -0.246. The van der Waals surface area contributed by atoms with Crippen molar-refractivity contribution in [2.24, 2.45) is 0 Å². The van der Waals surface area contributed by atoms with Crippen molar-refractivity contribution in [3.63, 3.8) is 0 Å². The van der Waals surface area contributed by atoms with Gasteiger partial charge in [-0.1, -0.05) is 12.1 Å². The molecule has 116 valence electrons. The van der Waals surface area contributed by atoms with Gasteiger partial charge in [-0.3, -0.25) is 4.79 Å². The number of amides is 1. The maximum Gasteiger partial charge on any atom is 0.274 e. The lowest BCUT2D eigenvalue weighted by Gasteiger charge is -2.14. The third-order valence-electron chi connectivity index (χ3n) is 3.13. The molecule has 1 amide bonds. The standard InChI is InChI=1S/C17H21N3O2/c1-12-6-5-7-14(18-12)17(21)19-15-10-13(11-20(2)3)8-9-16(15)22-4/h5-10H,11H2,1-4H3,(H,19,21). The van der Waals surface area contributed by atoms with E-state index in [0.29, 0.717) is 17.1 Å². The van der Waals surface area contributed by atoms with E-state index in [-0.39, 0.29) is 5.91 Å². The van der Waals surface area contributed by atoms with Gasteiger partial charge in [0.2, 0.25) is 0 Å². The minimum Gasteiger partial charge on any atom is -0.495 e. The molecule has 22 heavy (non-hydrogen) atoms. The largest absolute Gasteiger partial charge is 0.495 e. The first-order chi connectivity index (χ1) is 10.5. The van der Waals surface area contributed by atoms with Gasteiger partial charge < -0.3 is 15.0 Å². The lowest BCUT2D eigenvalue weighted by molar-refractivity contribution is 0.102. The Morgan fingerprint density at radius 1 is 1.27 bits per heavy atom. The van der Waals surface area contributed by atoms with E-state index in [2.05, 4.69) is 15.2 Å². The van der Waals surface area contributed by atoms with E-state index in [1.807, 2.05) is 51.4 Å². The van der Waals surface area contributed by atoms with Crippen molar-refractivity contribution in [3.05, 3.63) is 53.3 Å². The lowest BCUT2D eigenvalue weighted by Crippen LogP contribution is -2.15. The van der Waals surface area contributed by atoms with Crippen LogP contribution in [-0.2, 0) is 6.54 Å². The number of hydrogen-bond acceptors (Lipinski definition) is 4. The number of nitrogens with zero attached hydrogens (tertiary/aromatic N) is 2. The van der Waals surface area contributed by atoms with Gasteiger partial charge in [-0.2, -0.15) is 0 Å². The molecule has 0 aliphatic carbocycles. The third kappa shape index (κ3) is 4.05. The number of nitrogens with one attached hydrogen (secondary N) is 1. The molecule has 0 fully saturated rings. The number of ether oxygens (including phenoxy) is 1. The van der Waals surface area contributed by atoms with Gasteiger partial charge in [-0.15, -0.1) is 0 Å². The maximum atomic E-state index is 12.3. The summed E-state index contributed by atoms with van der Waals surface area (Å²) in [4.78, 5) is 18.6. The molecule has 0 saturated carbocycles. The van der Waals surface area contributed by atoms with Crippen LogP contribution in [0.3, 0.4) is 0 Å². The summed E-state index contributed by atoms with van der Waals surface area (Å²) in [5.41, 5.74) is 2.94. The Morgan fingerprint density at radius 2 is 2.05 bits per heavy atom. The van der Waals surface area contributed by atoms with Gasteiger partial charge in [0.25, 0.3) is 5.91 Å². The molecular weight excluding hydrogens is 278 g/mol. The quantitative estimate of drug-likeness (QED) is 0.922. The van der Waals surface area contributed by atoms with Crippen molar-refractivity contribution in [1.29, 1.82) is 0 Å². The van der Waals surface area contributed by atoms with E-state index in [4.69, 9.17) is 4.74 Å². The Kier molecular flexibility index (Phi) is 5.12. The molecule has 0 spiro atoms. The number of hydrogen-bond donors (Lipinski definition) is 1. The van der Waals surface area contributed by atoms with Gasteiger partial charge in [-0.05, 0) is 50.8 Å². The summed E-state index contributed by atoms with van der Waals surface area (Å²) in [6.07, 6.45) is 0. The SMILES string of the molecule is COc1ccc(CN(C)C)cc1NC(=O)c1cccc(C)n1. The van der Waals surface area contributed by atoms with E-state index < -0.39 is 0 Å². The second-order valence-corrected chi connectivity index (χ2v) is 5.39. The predicted octanol–water partition coefficient (Wildman–Crippen LogP) is 2.71. The van der Waals surface area contributed by atoms with E-state index in [0.717, 1.165) is 17.8 Å². The summed E-state index contributed by atoms with van der Waals surface area (Å²) in [7, 11) is 5.58. The van der Waals surface area contributed by atoms with Gasteiger partial charge in [0.1, 0.15) is 11.4 Å². The van der Waals surface area contributed by atoms with Crippen molar-refractivity contribution < 1.29 is 9.53 Å². The highest BCUT2D eigenvalue weighted by atomic mass is 16.5. The molecule has 0 atom stereocenters. The molecule has 5 nitrogen and oxygen atoms in total. The van der Waals surface area contributed by atoms with Gasteiger partial charge in [-0.25, -0.2) is 4.98 Å². The average Bonchev–Trinajstić information content (AvgIpc) is 2.47. The number of aryl methyl sites for hydroxylation is 1. The number of carbonyl (C=O) groups is 1. The van der Waals surface area contributed by atoms with Crippen LogP contribution < -0.4 is 10.1 Å². The zero-order valence-electron chi connectivity index (χ0n) is 13.4. The second kappa shape index (κ2) is 7.04. The Morgan fingerprint density at radius 3 is 2.68 bits per heavy atom. The molecule has 0 bridgehead atoms. The molecule has 0 unspecified atom stereocenters. The Balaban J connectivity index is 2.25. The van der Waals surface area contributed by atoms with Crippen molar-refractivity contribution in [2.75, 3.05) is 26.5 Å². The predicted molar refractivity (Wildman–Crippen MR) is 87.3 cm³/mol. The highest BCUT2D eigenvalue weighted by molar-refractivity contribution is 6.03. The zero-order chi connectivity index (χ0) is 16.1. The monoisotopic (exact) mass is 299 g/mol. The number of benzene rings is 1. The van der Waals surface area contributed by atoms with Crippen molar-refractivity contribution >= 4 is 11.6 Å². The molecule has 2 rings (SSSR count). The number of rotatable bonds is 5. The first-order valence-electron chi connectivity index (χ1n) is 7.06. The molecule has 1 aromatic carbocycles. The van der Waals surface area contributed by atoms with Crippen LogP contribution in [0, 0.1) is 6.92 Å². The Bertz CT molecular complexity index is 669. The van der Waals surface area contributed by atoms with Crippen LogP contribution in [-0.4, -0.2) is 37.0 Å². The molecule has 1 N–H and O–H groups in total. The molecule has 2 aromatic rings. The number of carbonyl (C=O) groups excluding carboxylic acids is 1. The van der Waals surface area contributed by atoms with Gasteiger partial charge in [0, 0.05) is 12.2 Å². The topological polar surface area (TPSA) is 54.5 Å². The second-order valence-electron chi connectivity index (χ2n) is 5.39. The number of anilines is 1. The van der Waals surface area contributed by atoms with Crippen LogP contribution in [0.15, 0.2) is 36.4 Å². The normalized spacial score (nSPS) is 10.6. The number of methoxy groups -OCH3 is 1. The van der Waals surface area contributed by atoms with Crippen LogP contribution in [0.5, 0.6) is 5.75 Å². The fourth-order valence-electron chi connectivity index (χ4n) is 2.17. The van der Waals surface area contributed by atoms with E-state index in [1.54, 1.807) is 13.2 Å². The first kappa shape index (κ1) is 16.0. The molecule has 0 radical (unpaired) electrons. The zero-order valence-corrected chi connectivity index (χ0v) is 13.4. The molecule has 1 heterocycles. The van der Waals surface area contributed by atoms with Gasteiger partial charge in [0.05, 0.1) is 12.8 Å². The fraction of sp³-hybridized carbons (Fsp3) is 0.294. The van der Waals surface area contributed by atoms with Crippen molar-refractivity contribution in [3.8, 4) is 5.75 Å².